The molecule has 0 unspecified atom stereocenters. The van der Waals surface area contributed by atoms with Gasteiger partial charge < -0.3 is 15.8 Å². The van der Waals surface area contributed by atoms with Gasteiger partial charge in [-0.05, 0) is 24.9 Å². The Morgan fingerprint density at radius 3 is 2.62 bits per heavy atom. The zero-order valence-electron chi connectivity index (χ0n) is 9.82. The predicted molar refractivity (Wildman–Crippen MR) is 67.5 cm³/mol. The second-order valence-electron chi connectivity index (χ2n) is 3.74. The Kier molecular flexibility index (Phi) is 7.68. The SMILES string of the molecule is NCCOCCNCCCc1ccccc1. The molecule has 3 nitrogen and oxygen atoms in total. The van der Waals surface area contributed by atoms with Gasteiger partial charge in [0.2, 0.25) is 0 Å². The second kappa shape index (κ2) is 9.33. The van der Waals surface area contributed by atoms with Crippen LogP contribution < -0.4 is 11.1 Å². The fourth-order valence-electron chi connectivity index (χ4n) is 1.52. The van der Waals surface area contributed by atoms with Gasteiger partial charge in [0.25, 0.3) is 0 Å². The molecule has 0 radical (unpaired) electrons. The summed E-state index contributed by atoms with van der Waals surface area (Å²) in [4.78, 5) is 0. The molecule has 0 bridgehead atoms. The van der Waals surface area contributed by atoms with Gasteiger partial charge in [-0.1, -0.05) is 30.3 Å². The number of rotatable bonds is 9. The van der Waals surface area contributed by atoms with E-state index in [1.807, 2.05) is 0 Å². The Labute approximate surface area is 98.0 Å². The third-order valence-electron chi connectivity index (χ3n) is 2.35. The average Bonchev–Trinajstić information content (AvgIpc) is 2.34. The molecular formula is C13H22N2O. The largest absolute Gasteiger partial charge is 0.379 e. The van der Waals surface area contributed by atoms with Crippen molar-refractivity contribution in [2.24, 2.45) is 5.73 Å². The highest BCUT2D eigenvalue weighted by atomic mass is 16.5. The molecule has 0 amide bonds. The number of nitrogens with one attached hydrogen (secondary N) is 1. The maximum absolute atomic E-state index is 5.31. The molecule has 0 spiro atoms. The van der Waals surface area contributed by atoms with E-state index in [4.69, 9.17) is 10.5 Å². The van der Waals surface area contributed by atoms with E-state index < -0.39 is 0 Å². The highest BCUT2D eigenvalue weighted by molar-refractivity contribution is 5.14. The zero-order valence-corrected chi connectivity index (χ0v) is 9.82. The van der Waals surface area contributed by atoms with Crippen molar-refractivity contribution in [2.45, 2.75) is 12.8 Å². The molecule has 0 fully saturated rings. The highest BCUT2D eigenvalue weighted by Gasteiger charge is 1.92. The summed E-state index contributed by atoms with van der Waals surface area (Å²) in [7, 11) is 0. The monoisotopic (exact) mass is 222 g/mol. The minimum absolute atomic E-state index is 0.605. The van der Waals surface area contributed by atoms with E-state index >= 15 is 0 Å². The van der Waals surface area contributed by atoms with Gasteiger partial charge in [-0.25, -0.2) is 0 Å². The standard InChI is InChI=1S/C13H22N2O/c14-8-11-16-12-10-15-9-4-7-13-5-2-1-3-6-13/h1-3,5-6,15H,4,7-12,14H2. The summed E-state index contributed by atoms with van der Waals surface area (Å²) >= 11 is 0. The Balaban J connectivity index is 1.89. The van der Waals surface area contributed by atoms with Crippen LogP contribution in [0.4, 0.5) is 0 Å². The van der Waals surface area contributed by atoms with E-state index in [0.717, 1.165) is 26.1 Å². The van der Waals surface area contributed by atoms with Crippen LogP contribution >= 0.6 is 0 Å². The number of hydrogen-bond donors (Lipinski definition) is 2. The van der Waals surface area contributed by atoms with Crippen molar-refractivity contribution in [1.29, 1.82) is 0 Å². The van der Waals surface area contributed by atoms with Crippen LogP contribution in [0.5, 0.6) is 0 Å². The molecule has 1 aromatic carbocycles. The number of ether oxygens (including phenoxy) is 1. The minimum Gasteiger partial charge on any atom is -0.379 e. The normalized spacial score (nSPS) is 10.6. The maximum Gasteiger partial charge on any atom is 0.0591 e. The summed E-state index contributed by atoms with van der Waals surface area (Å²) in [6, 6.07) is 10.6. The van der Waals surface area contributed by atoms with Gasteiger partial charge in [-0.2, -0.15) is 0 Å². The lowest BCUT2D eigenvalue weighted by atomic mass is 10.1. The Morgan fingerprint density at radius 2 is 1.88 bits per heavy atom. The van der Waals surface area contributed by atoms with E-state index in [1.165, 1.54) is 12.0 Å². The van der Waals surface area contributed by atoms with Crippen molar-refractivity contribution in [3.05, 3.63) is 35.9 Å². The van der Waals surface area contributed by atoms with Gasteiger partial charge in [0.05, 0.1) is 13.2 Å². The Bertz CT molecular complexity index is 251. The number of benzene rings is 1. The number of hydrogen-bond acceptors (Lipinski definition) is 3. The molecule has 0 atom stereocenters. The molecule has 0 aromatic heterocycles. The average molecular weight is 222 g/mol. The van der Waals surface area contributed by atoms with Crippen LogP contribution in [0.1, 0.15) is 12.0 Å². The smallest absolute Gasteiger partial charge is 0.0591 e. The third kappa shape index (κ3) is 6.56. The van der Waals surface area contributed by atoms with Gasteiger partial charge in [0, 0.05) is 13.1 Å². The molecule has 16 heavy (non-hydrogen) atoms. The quantitative estimate of drug-likeness (QED) is 0.617. The molecule has 0 saturated carbocycles. The Hall–Kier alpha value is -0.900. The van der Waals surface area contributed by atoms with E-state index in [9.17, 15) is 0 Å². The molecule has 90 valence electrons. The molecule has 0 aliphatic heterocycles. The van der Waals surface area contributed by atoms with Crippen molar-refractivity contribution in [3.8, 4) is 0 Å². The molecule has 1 rings (SSSR count). The molecule has 3 heteroatoms. The van der Waals surface area contributed by atoms with Crippen LogP contribution in [0.25, 0.3) is 0 Å². The lowest BCUT2D eigenvalue weighted by Gasteiger charge is -2.05. The predicted octanol–water partition coefficient (Wildman–Crippen LogP) is 1.18. The molecule has 0 heterocycles. The molecular weight excluding hydrogens is 200 g/mol. The second-order valence-corrected chi connectivity index (χ2v) is 3.74. The zero-order chi connectivity index (χ0) is 11.5. The molecule has 0 saturated heterocycles. The summed E-state index contributed by atoms with van der Waals surface area (Å²) in [6.45, 7) is 3.97. The van der Waals surface area contributed by atoms with Crippen LogP contribution in [-0.2, 0) is 11.2 Å². The lowest BCUT2D eigenvalue weighted by Crippen LogP contribution is -2.22. The fraction of sp³-hybridized carbons (Fsp3) is 0.538. The molecule has 0 aliphatic rings. The van der Waals surface area contributed by atoms with Crippen LogP contribution in [0.15, 0.2) is 30.3 Å². The van der Waals surface area contributed by atoms with Crippen molar-refractivity contribution in [1.82, 2.24) is 5.32 Å². The van der Waals surface area contributed by atoms with Crippen molar-refractivity contribution >= 4 is 0 Å². The van der Waals surface area contributed by atoms with Crippen molar-refractivity contribution < 1.29 is 4.74 Å². The van der Waals surface area contributed by atoms with E-state index in [2.05, 4.69) is 35.6 Å². The third-order valence-corrected chi connectivity index (χ3v) is 2.35. The summed E-state index contributed by atoms with van der Waals surface area (Å²) in [6.07, 6.45) is 2.30. The summed E-state index contributed by atoms with van der Waals surface area (Å²) in [5.41, 5.74) is 6.72. The van der Waals surface area contributed by atoms with Crippen LogP contribution in [0.3, 0.4) is 0 Å². The first-order chi connectivity index (χ1) is 7.93. The Morgan fingerprint density at radius 1 is 1.06 bits per heavy atom. The molecule has 1 aromatic rings. The van der Waals surface area contributed by atoms with Gasteiger partial charge in [-0.15, -0.1) is 0 Å². The van der Waals surface area contributed by atoms with Gasteiger partial charge in [0.1, 0.15) is 0 Å². The molecule has 3 N–H and O–H groups in total. The van der Waals surface area contributed by atoms with Gasteiger partial charge in [0.15, 0.2) is 0 Å². The number of nitrogens with two attached hydrogens (primary N) is 1. The highest BCUT2D eigenvalue weighted by Crippen LogP contribution is 2.01. The first kappa shape index (κ1) is 13.2. The summed E-state index contributed by atoms with van der Waals surface area (Å²) in [5.74, 6) is 0. The lowest BCUT2D eigenvalue weighted by molar-refractivity contribution is 0.143. The van der Waals surface area contributed by atoms with E-state index in [0.29, 0.717) is 13.2 Å². The van der Waals surface area contributed by atoms with Crippen LogP contribution in [-0.4, -0.2) is 32.8 Å². The molecule has 0 aliphatic carbocycles. The summed E-state index contributed by atoms with van der Waals surface area (Å²) in [5, 5.41) is 3.35. The van der Waals surface area contributed by atoms with Crippen LogP contribution in [0.2, 0.25) is 0 Å². The van der Waals surface area contributed by atoms with E-state index in [-0.39, 0.29) is 0 Å². The van der Waals surface area contributed by atoms with Crippen LogP contribution in [0, 0.1) is 0 Å². The van der Waals surface area contributed by atoms with Crippen molar-refractivity contribution in [2.75, 3.05) is 32.8 Å². The van der Waals surface area contributed by atoms with Gasteiger partial charge >= 0.3 is 0 Å². The van der Waals surface area contributed by atoms with Gasteiger partial charge in [-0.3, -0.25) is 0 Å². The van der Waals surface area contributed by atoms with E-state index in [1.54, 1.807) is 0 Å². The maximum atomic E-state index is 5.31. The first-order valence-corrected chi connectivity index (χ1v) is 5.96. The topological polar surface area (TPSA) is 47.3 Å². The van der Waals surface area contributed by atoms with Crippen molar-refractivity contribution in [3.63, 3.8) is 0 Å². The first-order valence-electron chi connectivity index (χ1n) is 5.96. The minimum atomic E-state index is 0.605. The summed E-state index contributed by atoms with van der Waals surface area (Å²) < 4.78 is 5.26. The number of aryl methyl sites for hydroxylation is 1. The fourth-order valence-corrected chi connectivity index (χ4v) is 1.52.